The van der Waals surface area contributed by atoms with Gasteiger partial charge in [-0.3, -0.25) is 0 Å². The van der Waals surface area contributed by atoms with Crippen LogP contribution in [0.4, 0.5) is 4.39 Å². The monoisotopic (exact) mass is 258 g/mol. The maximum Gasteiger partial charge on any atom is 0.141 e. The topological polar surface area (TPSA) is 29.5 Å². The average Bonchev–Trinajstić information content (AvgIpc) is 2.70. The van der Waals surface area contributed by atoms with Crippen molar-refractivity contribution in [3.63, 3.8) is 0 Å². The molecule has 0 amide bonds. The number of aliphatic hydroxyl groups is 1. The molecule has 0 bridgehead atoms. The Labute approximate surface area is 105 Å². The van der Waals surface area contributed by atoms with Gasteiger partial charge in [0, 0.05) is 13.0 Å². The van der Waals surface area contributed by atoms with Crippen LogP contribution >= 0.6 is 11.6 Å². The zero-order valence-electron chi connectivity index (χ0n) is 9.70. The fourth-order valence-electron chi connectivity index (χ4n) is 2.23. The molecule has 1 aromatic carbocycles. The number of halogens is 2. The van der Waals surface area contributed by atoms with E-state index in [1.807, 2.05) is 0 Å². The zero-order chi connectivity index (χ0) is 12.4. The second-order valence-electron chi connectivity index (χ2n) is 4.62. The Hall–Kier alpha value is -0.640. The minimum absolute atomic E-state index is 0.0927. The highest BCUT2D eigenvalue weighted by molar-refractivity contribution is 6.30. The van der Waals surface area contributed by atoms with Crippen LogP contribution < -0.4 is 0 Å². The SMILES string of the molecule is CC1CCOC1C(O)Cc1ccc(F)c(Cl)c1. The summed E-state index contributed by atoms with van der Waals surface area (Å²) in [7, 11) is 0. The summed E-state index contributed by atoms with van der Waals surface area (Å²) in [6, 6.07) is 4.52. The summed E-state index contributed by atoms with van der Waals surface area (Å²) in [6.07, 6.45) is 0.730. The number of hydrogen-bond acceptors (Lipinski definition) is 2. The molecule has 0 spiro atoms. The lowest BCUT2D eigenvalue weighted by atomic mass is 9.95. The van der Waals surface area contributed by atoms with Crippen molar-refractivity contribution in [2.24, 2.45) is 5.92 Å². The molecule has 1 saturated heterocycles. The van der Waals surface area contributed by atoms with Crippen LogP contribution in [0, 0.1) is 11.7 Å². The first-order valence-corrected chi connectivity index (χ1v) is 6.19. The van der Waals surface area contributed by atoms with E-state index in [0.717, 1.165) is 12.0 Å². The van der Waals surface area contributed by atoms with Gasteiger partial charge in [0.05, 0.1) is 17.2 Å². The van der Waals surface area contributed by atoms with Gasteiger partial charge in [0.15, 0.2) is 0 Å². The van der Waals surface area contributed by atoms with Crippen molar-refractivity contribution in [2.45, 2.75) is 32.0 Å². The third-order valence-corrected chi connectivity index (χ3v) is 3.54. The lowest BCUT2D eigenvalue weighted by Gasteiger charge is -2.21. The van der Waals surface area contributed by atoms with Crippen molar-refractivity contribution in [2.75, 3.05) is 6.61 Å². The molecule has 2 rings (SSSR count). The molecule has 1 fully saturated rings. The fourth-order valence-corrected chi connectivity index (χ4v) is 2.44. The van der Waals surface area contributed by atoms with Crippen molar-refractivity contribution < 1.29 is 14.2 Å². The molecule has 0 aliphatic carbocycles. The lowest BCUT2D eigenvalue weighted by Crippen LogP contribution is -2.31. The second-order valence-corrected chi connectivity index (χ2v) is 5.03. The molecule has 0 saturated carbocycles. The molecule has 0 radical (unpaired) electrons. The molecular formula is C13H16ClFO2. The zero-order valence-corrected chi connectivity index (χ0v) is 10.5. The Morgan fingerprint density at radius 2 is 2.35 bits per heavy atom. The van der Waals surface area contributed by atoms with Crippen molar-refractivity contribution in [3.8, 4) is 0 Å². The van der Waals surface area contributed by atoms with Crippen molar-refractivity contribution in [1.82, 2.24) is 0 Å². The molecule has 1 aliphatic heterocycles. The van der Waals surface area contributed by atoms with Crippen LogP contribution in [-0.2, 0) is 11.2 Å². The molecule has 4 heteroatoms. The Morgan fingerprint density at radius 1 is 1.59 bits per heavy atom. The van der Waals surface area contributed by atoms with E-state index in [9.17, 15) is 9.50 Å². The smallest absolute Gasteiger partial charge is 0.141 e. The summed E-state index contributed by atoms with van der Waals surface area (Å²) < 4.78 is 18.5. The molecule has 0 aromatic heterocycles. The van der Waals surface area contributed by atoms with Crippen molar-refractivity contribution in [3.05, 3.63) is 34.6 Å². The fraction of sp³-hybridized carbons (Fsp3) is 0.538. The van der Waals surface area contributed by atoms with Crippen molar-refractivity contribution in [1.29, 1.82) is 0 Å². The molecule has 94 valence electrons. The third kappa shape index (κ3) is 2.97. The van der Waals surface area contributed by atoms with Gasteiger partial charge in [-0.05, 0) is 30.0 Å². The van der Waals surface area contributed by atoms with Gasteiger partial charge in [0.25, 0.3) is 0 Å². The average molecular weight is 259 g/mol. The van der Waals surface area contributed by atoms with Gasteiger partial charge in [-0.2, -0.15) is 0 Å². The minimum Gasteiger partial charge on any atom is -0.390 e. The molecule has 1 aromatic rings. The third-order valence-electron chi connectivity index (χ3n) is 3.25. The van der Waals surface area contributed by atoms with Gasteiger partial charge in [-0.25, -0.2) is 4.39 Å². The Kier molecular flexibility index (Phi) is 4.02. The number of aliphatic hydroxyl groups excluding tert-OH is 1. The van der Waals surface area contributed by atoms with Crippen molar-refractivity contribution >= 4 is 11.6 Å². The van der Waals surface area contributed by atoms with Gasteiger partial charge >= 0.3 is 0 Å². The Balaban J connectivity index is 2.02. The molecule has 2 nitrogen and oxygen atoms in total. The minimum atomic E-state index is -0.561. The van der Waals surface area contributed by atoms with Crippen LogP contribution in [0.15, 0.2) is 18.2 Å². The summed E-state index contributed by atoms with van der Waals surface area (Å²) in [5.74, 6) is -0.0729. The molecular weight excluding hydrogens is 243 g/mol. The molecule has 3 atom stereocenters. The Bertz CT molecular complexity index is 397. The summed E-state index contributed by atoms with van der Waals surface area (Å²) >= 11 is 5.70. The Morgan fingerprint density at radius 3 is 2.94 bits per heavy atom. The number of ether oxygens (including phenoxy) is 1. The largest absolute Gasteiger partial charge is 0.390 e. The van der Waals surface area contributed by atoms with Gasteiger partial charge in [-0.1, -0.05) is 24.6 Å². The summed E-state index contributed by atoms with van der Waals surface area (Å²) in [5.41, 5.74) is 0.826. The summed E-state index contributed by atoms with van der Waals surface area (Å²) in [5, 5.41) is 10.2. The summed E-state index contributed by atoms with van der Waals surface area (Å²) in [4.78, 5) is 0. The maximum atomic E-state index is 13.0. The normalized spacial score (nSPS) is 26.1. The van der Waals surface area contributed by atoms with E-state index in [-0.39, 0.29) is 11.1 Å². The van der Waals surface area contributed by atoms with Crippen LogP contribution in [0.1, 0.15) is 18.9 Å². The second kappa shape index (κ2) is 5.34. The number of rotatable bonds is 3. The quantitative estimate of drug-likeness (QED) is 0.903. The van der Waals surface area contributed by atoms with E-state index in [1.165, 1.54) is 6.07 Å². The van der Waals surface area contributed by atoms with E-state index >= 15 is 0 Å². The highest BCUT2D eigenvalue weighted by Gasteiger charge is 2.30. The highest BCUT2D eigenvalue weighted by atomic mass is 35.5. The van der Waals surface area contributed by atoms with Crippen LogP contribution in [0.25, 0.3) is 0 Å². The summed E-state index contributed by atoms with van der Waals surface area (Å²) in [6.45, 7) is 2.77. The number of benzene rings is 1. The van der Waals surface area contributed by atoms with E-state index in [2.05, 4.69) is 6.92 Å². The van der Waals surface area contributed by atoms with Crippen LogP contribution in [0.3, 0.4) is 0 Å². The highest BCUT2D eigenvalue weighted by Crippen LogP contribution is 2.25. The van der Waals surface area contributed by atoms with E-state index in [0.29, 0.717) is 18.9 Å². The van der Waals surface area contributed by atoms with Gasteiger partial charge < -0.3 is 9.84 Å². The van der Waals surface area contributed by atoms with Crippen LogP contribution in [0.5, 0.6) is 0 Å². The first-order valence-electron chi connectivity index (χ1n) is 5.81. The molecule has 17 heavy (non-hydrogen) atoms. The first kappa shape index (κ1) is 12.8. The van der Waals surface area contributed by atoms with E-state index < -0.39 is 11.9 Å². The standard InChI is InChI=1S/C13H16ClFO2/c1-8-4-5-17-13(8)12(16)7-9-2-3-11(15)10(14)6-9/h2-3,6,8,12-13,16H,4-5,7H2,1H3. The maximum absolute atomic E-state index is 13.0. The predicted molar refractivity (Wildman–Crippen MR) is 64.6 cm³/mol. The molecule has 1 heterocycles. The van der Waals surface area contributed by atoms with Gasteiger partial charge in [0.2, 0.25) is 0 Å². The molecule has 1 N–H and O–H groups in total. The molecule has 1 aliphatic rings. The van der Waals surface area contributed by atoms with E-state index in [4.69, 9.17) is 16.3 Å². The number of hydrogen-bond donors (Lipinski definition) is 1. The predicted octanol–water partition coefficient (Wildman–Crippen LogP) is 2.81. The lowest BCUT2D eigenvalue weighted by molar-refractivity contribution is -0.0157. The van der Waals surface area contributed by atoms with Crippen LogP contribution in [0.2, 0.25) is 5.02 Å². The molecule has 3 unspecified atom stereocenters. The van der Waals surface area contributed by atoms with Gasteiger partial charge in [-0.15, -0.1) is 0 Å². The van der Waals surface area contributed by atoms with Gasteiger partial charge in [0.1, 0.15) is 5.82 Å². The van der Waals surface area contributed by atoms with E-state index in [1.54, 1.807) is 12.1 Å². The first-order chi connectivity index (χ1) is 8.08. The van der Waals surface area contributed by atoms with Crippen LogP contribution in [-0.4, -0.2) is 23.9 Å².